The molecule has 4 aliphatic heterocycles. The summed E-state index contributed by atoms with van der Waals surface area (Å²) in [4.78, 5) is 48.9. The van der Waals surface area contributed by atoms with Crippen LogP contribution in [0.15, 0.2) is 78.9 Å². The summed E-state index contributed by atoms with van der Waals surface area (Å²) in [6.45, 7) is 5.97. The van der Waals surface area contributed by atoms with E-state index in [2.05, 4.69) is 0 Å². The average molecular weight is 614 g/mol. The highest BCUT2D eigenvalue weighted by atomic mass is 16.5. The standard InChI is InChI=1S/C36H43N3O6/c1-3-44-28-17-15-27(16-18-28)38-23-11-19-35(2)29(32(38)41)30-33(42)39(22-9-4-5-10-24-40)31-34(43)37(21-12-20-36(30,31)45-35)25-26-13-7-6-8-14-26/h6-8,11-20,29-31,40H,3-5,9-10,21-25H2,1-2H3/t29-,30+,31?,35+,36+/m1/s1. The molecule has 5 atom stereocenters. The third-order valence-corrected chi connectivity index (χ3v) is 9.62. The molecule has 1 unspecified atom stereocenters. The Labute approximate surface area is 265 Å². The van der Waals surface area contributed by atoms with Crippen molar-refractivity contribution in [3.8, 4) is 5.75 Å². The summed E-state index contributed by atoms with van der Waals surface area (Å²) in [5, 5.41) is 9.23. The van der Waals surface area contributed by atoms with Crippen LogP contribution in [-0.2, 0) is 25.7 Å². The highest BCUT2D eigenvalue weighted by Crippen LogP contribution is 2.57. The maximum Gasteiger partial charge on any atom is 0.249 e. The summed E-state index contributed by atoms with van der Waals surface area (Å²) in [6.07, 6.45) is 10.7. The number of fused-ring (bicyclic) bond motifs is 2. The molecular weight excluding hydrogens is 570 g/mol. The molecule has 4 aliphatic rings. The lowest BCUT2D eigenvalue weighted by Crippen LogP contribution is -2.55. The first kappa shape index (κ1) is 31.0. The van der Waals surface area contributed by atoms with E-state index in [4.69, 9.17) is 9.47 Å². The molecule has 9 heteroatoms. The van der Waals surface area contributed by atoms with Crippen LogP contribution in [0.2, 0.25) is 0 Å². The second-order valence-corrected chi connectivity index (χ2v) is 12.6. The Kier molecular flexibility index (Phi) is 8.84. The highest BCUT2D eigenvalue weighted by Gasteiger charge is 2.74. The van der Waals surface area contributed by atoms with Gasteiger partial charge in [0, 0.05) is 38.5 Å². The number of carbonyl (C=O) groups excluding carboxylic acids is 3. The highest BCUT2D eigenvalue weighted by molar-refractivity contribution is 6.04. The van der Waals surface area contributed by atoms with Crippen molar-refractivity contribution in [2.24, 2.45) is 11.8 Å². The van der Waals surface area contributed by atoms with Gasteiger partial charge >= 0.3 is 0 Å². The summed E-state index contributed by atoms with van der Waals surface area (Å²) in [6, 6.07) is 16.3. The van der Waals surface area contributed by atoms with Crippen LogP contribution < -0.4 is 9.64 Å². The average Bonchev–Trinajstić information content (AvgIpc) is 3.31. The van der Waals surface area contributed by atoms with Crippen molar-refractivity contribution in [3.05, 3.63) is 84.5 Å². The number of hydrogen-bond acceptors (Lipinski definition) is 6. The fraction of sp³-hybridized carbons (Fsp3) is 0.472. The molecule has 1 N–H and O–H groups in total. The van der Waals surface area contributed by atoms with Gasteiger partial charge in [0.15, 0.2) is 0 Å². The Balaban J connectivity index is 1.36. The monoisotopic (exact) mass is 613 g/mol. The molecule has 2 aromatic carbocycles. The van der Waals surface area contributed by atoms with Crippen LogP contribution in [0.5, 0.6) is 5.75 Å². The number of anilines is 1. The number of amides is 3. The molecule has 6 rings (SSSR count). The first-order valence-corrected chi connectivity index (χ1v) is 16.2. The molecule has 0 radical (unpaired) electrons. The van der Waals surface area contributed by atoms with Gasteiger partial charge in [-0.25, -0.2) is 0 Å². The molecule has 3 amide bonds. The third-order valence-electron chi connectivity index (χ3n) is 9.62. The zero-order valence-corrected chi connectivity index (χ0v) is 26.1. The van der Waals surface area contributed by atoms with Crippen molar-refractivity contribution >= 4 is 23.4 Å². The lowest BCUT2D eigenvalue weighted by Gasteiger charge is -2.37. The van der Waals surface area contributed by atoms with E-state index in [0.29, 0.717) is 51.3 Å². The minimum atomic E-state index is -1.29. The molecule has 0 bridgehead atoms. The van der Waals surface area contributed by atoms with Gasteiger partial charge in [-0.1, -0.05) is 67.5 Å². The number of nitrogens with zero attached hydrogens (tertiary/aromatic N) is 3. The molecule has 9 nitrogen and oxygen atoms in total. The topological polar surface area (TPSA) is 99.6 Å². The van der Waals surface area contributed by atoms with E-state index in [0.717, 1.165) is 24.2 Å². The van der Waals surface area contributed by atoms with Gasteiger partial charge in [0.2, 0.25) is 17.7 Å². The fourth-order valence-corrected chi connectivity index (χ4v) is 7.62. The molecule has 4 heterocycles. The van der Waals surface area contributed by atoms with E-state index < -0.39 is 29.1 Å². The molecule has 0 aliphatic carbocycles. The molecular formula is C36H43N3O6. The fourth-order valence-electron chi connectivity index (χ4n) is 7.62. The quantitative estimate of drug-likeness (QED) is 0.303. The Morgan fingerprint density at radius 1 is 0.867 bits per heavy atom. The van der Waals surface area contributed by atoms with Gasteiger partial charge in [-0.15, -0.1) is 0 Å². The van der Waals surface area contributed by atoms with E-state index >= 15 is 0 Å². The zero-order valence-electron chi connectivity index (χ0n) is 26.1. The Hall–Kier alpha value is -3.95. The molecule has 238 valence electrons. The number of hydrogen-bond donors (Lipinski definition) is 1. The summed E-state index contributed by atoms with van der Waals surface area (Å²) in [5.41, 5.74) is -0.656. The second kappa shape index (κ2) is 12.8. The molecule has 2 aromatic rings. The van der Waals surface area contributed by atoms with E-state index in [1.807, 2.05) is 92.7 Å². The number of aliphatic hydroxyl groups is 1. The third kappa shape index (κ3) is 5.57. The van der Waals surface area contributed by atoms with Crippen molar-refractivity contribution in [2.45, 2.75) is 63.3 Å². The van der Waals surface area contributed by atoms with Crippen LogP contribution in [0.3, 0.4) is 0 Å². The van der Waals surface area contributed by atoms with Crippen LogP contribution >= 0.6 is 0 Å². The van der Waals surface area contributed by atoms with Crippen LogP contribution in [0.1, 0.15) is 45.1 Å². The van der Waals surface area contributed by atoms with Crippen molar-refractivity contribution in [1.82, 2.24) is 9.80 Å². The van der Waals surface area contributed by atoms with E-state index in [1.165, 1.54) is 0 Å². The smallest absolute Gasteiger partial charge is 0.249 e. The van der Waals surface area contributed by atoms with Crippen molar-refractivity contribution < 1.29 is 29.0 Å². The Bertz CT molecular complexity index is 1460. The van der Waals surface area contributed by atoms with Gasteiger partial charge in [0.1, 0.15) is 17.4 Å². The van der Waals surface area contributed by atoms with Crippen LogP contribution in [0.25, 0.3) is 0 Å². The second-order valence-electron chi connectivity index (χ2n) is 12.6. The molecule has 2 fully saturated rings. The van der Waals surface area contributed by atoms with E-state index in [1.54, 1.807) is 14.7 Å². The van der Waals surface area contributed by atoms with Crippen molar-refractivity contribution in [3.63, 3.8) is 0 Å². The molecule has 1 spiro atoms. The number of benzene rings is 2. The summed E-state index contributed by atoms with van der Waals surface area (Å²) in [7, 11) is 0. The van der Waals surface area contributed by atoms with Crippen LogP contribution in [-0.4, -0.2) is 82.7 Å². The summed E-state index contributed by atoms with van der Waals surface area (Å²) >= 11 is 0. The van der Waals surface area contributed by atoms with Gasteiger partial charge in [0.05, 0.1) is 24.0 Å². The van der Waals surface area contributed by atoms with Gasteiger partial charge in [-0.05, 0) is 56.5 Å². The van der Waals surface area contributed by atoms with Gasteiger partial charge < -0.3 is 29.3 Å². The molecule has 2 saturated heterocycles. The van der Waals surface area contributed by atoms with E-state index in [-0.39, 0.29) is 24.3 Å². The maximum absolute atomic E-state index is 14.6. The number of aliphatic hydroxyl groups excluding tert-OH is 1. The van der Waals surface area contributed by atoms with Gasteiger partial charge in [-0.3, -0.25) is 14.4 Å². The lowest BCUT2D eigenvalue weighted by molar-refractivity contribution is -0.151. The van der Waals surface area contributed by atoms with Crippen LogP contribution in [0, 0.1) is 11.8 Å². The minimum absolute atomic E-state index is 0.128. The van der Waals surface area contributed by atoms with Crippen molar-refractivity contribution in [2.75, 3.05) is 37.7 Å². The number of likely N-dealkylation sites (tertiary alicyclic amines) is 1. The molecule has 45 heavy (non-hydrogen) atoms. The minimum Gasteiger partial charge on any atom is -0.494 e. The predicted octanol–water partition coefficient (Wildman–Crippen LogP) is 4.11. The summed E-state index contributed by atoms with van der Waals surface area (Å²) in [5.74, 6) is -1.55. The summed E-state index contributed by atoms with van der Waals surface area (Å²) < 4.78 is 12.6. The van der Waals surface area contributed by atoms with Gasteiger partial charge in [0.25, 0.3) is 0 Å². The molecule has 0 aromatic heterocycles. The molecule has 0 saturated carbocycles. The first-order chi connectivity index (χ1) is 21.8. The normalized spacial score (nSPS) is 29.0. The van der Waals surface area contributed by atoms with Crippen LogP contribution in [0.4, 0.5) is 5.69 Å². The van der Waals surface area contributed by atoms with E-state index in [9.17, 15) is 19.5 Å². The zero-order chi connectivity index (χ0) is 31.6. The Morgan fingerprint density at radius 3 is 2.33 bits per heavy atom. The van der Waals surface area contributed by atoms with Crippen molar-refractivity contribution in [1.29, 1.82) is 0 Å². The predicted molar refractivity (Wildman–Crippen MR) is 170 cm³/mol. The largest absolute Gasteiger partial charge is 0.494 e. The SMILES string of the molecule is CCOc1ccc(N2CC=C[C@]3(C)O[C@]45C=CCN(Cc6ccccc6)C(=O)C4N(CCCCCCO)C(=O)[C@@H]5[C@@H]3C2=O)cc1. The number of rotatable bonds is 11. The van der Waals surface area contributed by atoms with Gasteiger partial charge in [-0.2, -0.15) is 0 Å². The number of ether oxygens (including phenoxy) is 2. The Morgan fingerprint density at radius 2 is 1.60 bits per heavy atom. The number of unbranched alkanes of at least 4 members (excludes halogenated alkanes) is 3. The lowest BCUT2D eigenvalue weighted by atomic mass is 9.74. The number of carbonyl (C=O) groups is 3. The maximum atomic E-state index is 14.6. The first-order valence-electron chi connectivity index (χ1n) is 16.2.